The van der Waals surface area contributed by atoms with Gasteiger partial charge in [-0.2, -0.15) is 4.98 Å². The van der Waals surface area contributed by atoms with Crippen LogP contribution in [0.25, 0.3) is 16.9 Å². The van der Waals surface area contributed by atoms with Crippen LogP contribution < -0.4 is 11.2 Å². The maximum Gasteiger partial charge on any atom is 0.329 e. The third-order valence-electron chi connectivity index (χ3n) is 5.54. The van der Waals surface area contributed by atoms with Gasteiger partial charge in [-0.25, -0.2) is 4.79 Å². The van der Waals surface area contributed by atoms with E-state index in [0.29, 0.717) is 16.9 Å². The van der Waals surface area contributed by atoms with Crippen LogP contribution in [0.5, 0.6) is 0 Å². The average Bonchev–Trinajstić information content (AvgIpc) is 3.08. The van der Waals surface area contributed by atoms with E-state index in [4.69, 9.17) is 4.74 Å². The Balaban J connectivity index is 1.77. The van der Waals surface area contributed by atoms with Gasteiger partial charge in [0.25, 0.3) is 5.56 Å². The second-order valence-corrected chi connectivity index (χ2v) is 7.58. The summed E-state index contributed by atoms with van der Waals surface area (Å²) in [4.78, 5) is 33.7. The fourth-order valence-electron chi connectivity index (χ4n) is 4.15. The van der Waals surface area contributed by atoms with E-state index in [1.807, 2.05) is 18.2 Å². The number of hydrogen-bond acceptors (Lipinski definition) is 5. The van der Waals surface area contributed by atoms with Gasteiger partial charge in [0.05, 0.1) is 12.2 Å². The first kappa shape index (κ1) is 18.0. The summed E-state index contributed by atoms with van der Waals surface area (Å²) in [6.45, 7) is 11.7. The Kier molecular flexibility index (Phi) is 4.23. The smallest absolute Gasteiger partial charge is 0.329 e. The molecule has 0 spiro atoms. The van der Waals surface area contributed by atoms with Gasteiger partial charge in [-0.1, -0.05) is 0 Å². The minimum absolute atomic E-state index is 0.225. The van der Waals surface area contributed by atoms with Crippen LogP contribution in [0.2, 0.25) is 0 Å². The molecule has 0 radical (unpaired) electrons. The molecule has 0 unspecified atom stereocenters. The quantitative estimate of drug-likeness (QED) is 0.717. The number of fused-ring (bicyclic) bond motifs is 3. The molecule has 1 aliphatic heterocycles. The van der Waals surface area contributed by atoms with Crippen molar-refractivity contribution in [3.8, 4) is 0 Å². The van der Waals surface area contributed by atoms with Crippen molar-refractivity contribution in [3.05, 3.63) is 32.2 Å². The molecule has 0 bridgehead atoms. The molecule has 3 aromatic rings. The predicted octanol–water partition coefficient (Wildman–Crippen LogP) is 0.402. The average molecular weight is 374 g/mol. The molecule has 1 saturated heterocycles. The van der Waals surface area contributed by atoms with E-state index >= 15 is 0 Å². The lowest BCUT2D eigenvalue weighted by Crippen LogP contribution is -2.46. The molecule has 1 fully saturated rings. The first-order valence-corrected chi connectivity index (χ1v) is 9.33. The minimum Gasteiger partial charge on any atom is -0.373 e. The van der Waals surface area contributed by atoms with E-state index in [0.717, 1.165) is 37.6 Å². The molecule has 3 aromatic heterocycles. The van der Waals surface area contributed by atoms with Crippen molar-refractivity contribution >= 4 is 16.9 Å². The summed E-state index contributed by atoms with van der Waals surface area (Å²) in [5.74, 6) is 0.695. The largest absolute Gasteiger partial charge is 0.373 e. The van der Waals surface area contributed by atoms with Crippen LogP contribution in [-0.4, -0.2) is 60.2 Å². The van der Waals surface area contributed by atoms with Gasteiger partial charge in [0.15, 0.2) is 11.2 Å². The SMILES string of the molecule is Cc1c(C)n2c3c(=O)[nH]c(=O)n(C)c3nc2n1CCN1C[C@@H](C)O[C@H](C)C1. The molecule has 4 heterocycles. The monoisotopic (exact) mass is 374 g/mol. The molecule has 4 rings (SSSR count). The zero-order valence-corrected chi connectivity index (χ0v) is 16.4. The van der Waals surface area contributed by atoms with Crippen LogP contribution in [0.15, 0.2) is 9.59 Å². The molecular weight excluding hydrogens is 348 g/mol. The van der Waals surface area contributed by atoms with Gasteiger partial charge in [0.2, 0.25) is 5.78 Å². The Labute approximate surface area is 156 Å². The predicted molar refractivity (Wildman–Crippen MR) is 102 cm³/mol. The molecule has 2 atom stereocenters. The maximum atomic E-state index is 12.4. The van der Waals surface area contributed by atoms with Crippen molar-refractivity contribution in [1.29, 1.82) is 0 Å². The zero-order valence-electron chi connectivity index (χ0n) is 16.4. The molecule has 27 heavy (non-hydrogen) atoms. The molecule has 0 saturated carbocycles. The number of H-pyrrole nitrogens is 1. The third kappa shape index (κ3) is 2.81. The van der Waals surface area contributed by atoms with Gasteiger partial charge in [0, 0.05) is 44.6 Å². The number of aromatic nitrogens is 5. The fourth-order valence-corrected chi connectivity index (χ4v) is 4.15. The van der Waals surface area contributed by atoms with Crippen molar-refractivity contribution in [2.24, 2.45) is 7.05 Å². The number of morpholine rings is 1. The summed E-state index contributed by atoms with van der Waals surface area (Å²) in [5, 5.41) is 0. The van der Waals surface area contributed by atoms with Gasteiger partial charge in [-0.15, -0.1) is 0 Å². The molecular formula is C18H26N6O3. The Morgan fingerprint density at radius 3 is 2.44 bits per heavy atom. The molecule has 0 aliphatic carbocycles. The molecule has 9 heteroatoms. The van der Waals surface area contributed by atoms with Crippen molar-refractivity contribution in [2.75, 3.05) is 19.6 Å². The van der Waals surface area contributed by atoms with Crippen molar-refractivity contribution in [2.45, 2.75) is 46.4 Å². The molecule has 0 aromatic carbocycles. The van der Waals surface area contributed by atoms with Crippen molar-refractivity contribution in [3.63, 3.8) is 0 Å². The number of imidazole rings is 2. The minimum atomic E-state index is -0.453. The lowest BCUT2D eigenvalue weighted by molar-refractivity contribution is -0.0685. The topological polar surface area (TPSA) is 89.6 Å². The number of aryl methyl sites for hydroxylation is 2. The Bertz CT molecular complexity index is 1120. The number of rotatable bonds is 3. The number of ether oxygens (including phenoxy) is 1. The molecule has 9 nitrogen and oxygen atoms in total. The molecule has 146 valence electrons. The number of nitrogens with zero attached hydrogens (tertiary/aromatic N) is 5. The van der Waals surface area contributed by atoms with E-state index < -0.39 is 11.2 Å². The van der Waals surface area contributed by atoms with Gasteiger partial charge in [-0.05, 0) is 27.7 Å². The highest BCUT2D eigenvalue weighted by Gasteiger charge is 2.24. The van der Waals surface area contributed by atoms with E-state index in [1.165, 1.54) is 4.57 Å². The molecule has 1 aliphatic rings. The molecule has 0 amide bonds. The van der Waals surface area contributed by atoms with E-state index in [9.17, 15) is 9.59 Å². The lowest BCUT2D eigenvalue weighted by atomic mass is 10.2. The van der Waals surface area contributed by atoms with Crippen molar-refractivity contribution in [1.82, 2.24) is 28.4 Å². The second-order valence-electron chi connectivity index (χ2n) is 7.58. The second kappa shape index (κ2) is 6.35. The maximum absolute atomic E-state index is 12.4. The number of nitrogens with one attached hydrogen (secondary N) is 1. The lowest BCUT2D eigenvalue weighted by Gasteiger charge is -2.35. The van der Waals surface area contributed by atoms with Crippen LogP contribution in [0.1, 0.15) is 25.2 Å². The first-order chi connectivity index (χ1) is 12.8. The number of aromatic amines is 1. The van der Waals surface area contributed by atoms with E-state index in [1.54, 1.807) is 7.05 Å². The first-order valence-electron chi connectivity index (χ1n) is 9.33. The Morgan fingerprint density at radius 2 is 1.78 bits per heavy atom. The summed E-state index contributed by atoms with van der Waals surface area (Å²) in [6.07, 6.45) is 0.451. The normalized spacial score (nSPS) is 21.5. The summed E-state index contributed by atoms with van der Waals surface area (Å²) >= 11 is 0. The highest BCUT2D eigenvalue weighted by molar-refractivity contribution is 5.76. The third-order valence-corrected chi connectivity index (χ3v) is 5.54. The van der Waals surface area contributed by atoms with Crippen LogP contribution in [0, 0.1) is 13.8 Å². The molecule has 1 N–H and O–H groups in total. The highest BCUT2D eigenvalue weighted by atomic mass is 16.5. The summed E-state index contributed by atoms with van der Waals surface area (Å²) in [6, 6.07) is 0. The van der Waals surface area contributed by atoms with E-state index in [2.05, 4.69) is 33.3 Å². The zero-order chi connectivity index (χ0) is 19.5. The standard InChI is InChI=1S/C18H26N6O3/c1-10-8-22(9-11(2)27-10)6-7-23-12(3)13(4)24-14-15(19-17(23)24)21(5)18(26)20-16(14)25/h10-11H,6-9H2,1-5H3,(H,20,25,26)/t10-,11-/m1/s1. The van der Waals surface area contributed by atoms with Gasteiger partial charge in [-0.3, -0.25) is 23.6 Å². The van der Waals surface area contributed by atoms with Crippen LogP contribution in [0.3, 0.4) is 0 Å². The van der Waals surface area contributed by atoms with Gasteiger partial charge < -0.3 is 9.30 Å². The summed E-state index contributed by atoms with van der Waals surface area (Å²) in [5.41, 5.74) is 1.99. The highest BCUT2D eigenvalue weighted by Crippen LogP contribution is 2.20. The Hall–Kier alpha value is -2.39. The van der Waals surface area contributed by atoms with Gasteiger partial charge in [0.1, 0.15) is 0 Å². The van der Waals surface area contributed by atoms with E-state index in [-0.39, 0.29) is 12.2 Å². The number of hydrogen-bond donors (Lipinski definition) is 1. The van der Waals surface area contributed by atoms with Crippen molar-refractivity contribution < 1.29 is 4.74 Å². The van der Waals surface area contributed by atoms with Crippen LogP contribution in [-0.2, 0) is 18.3 Å². The van der Waals surface area contributed by atoms with Crippen LogP contribution >= 0.6 is 0 Å². The summed E-state index contributed by atoms with van der Waals surface area (Å²) < 4.78 is 11.2. The Morgan fingerprint density at radius 1 is 1.11 bits per heavy atom. The fraction of sp³-hybridized carbons (Fsp3) is 0.611. The summed E-state index contributed by atoms with van der Waals surface area (Å²) in [7, 11) is 1.62. The van der Waals surface area contributed by atoms with Gasteiger partial charge >= 0.3 is 5.69 Å². The van der Waals surface area contributed by atoms with Crippen LogP contribution in [0.4, 0.5) is 0 Å².